The van der Waals surface area contributed by atoms with Crippen LogP contribution in [-0.2, 0) is 23.4 Å². The summed E-state index contributed by atoms with van der Waals surface area (Å²) in [4.78, 5) is 16.3. The predicted octanol–water partition coefficient (Wildman–Crippen LogP) is 3.50. The van der Waals surface area contributed by atoms with Crippen LogP contribution in [0.1, 0.15) is 54.3 Å². The number of fused-ring (bicyclic) bond motifs is 1. The molecule has 1 heterocycles. The van der Waals surface area contributed by atoms with E-state index in [-0.39, 0.29) is 47.8 Å². The summed E-state index contributed by atoms with van der Waals surface area (Å²) in [7, 11) is 0. The third-order valence-electron chi connectivity index (χ3n) is 6.88. The van der Waals surface area contributed by atoms with Gasteiger partial charge in [-0.15, -0.1) is 12.3 Å². The van der Waals surface area contributed by atoms with Crippen molar-refractivity contribution >= 4 is 40.2 Å². The number of aliphatic carboxylic acids is 1. The van der Waals surface area contributed by atoms with Crippen molar-refractivity contribution in [3.8, 4) is 18.1 Å². The van der Waals surface area contributed by atoms with Gasteiger partial charge in [0.05, 0.1) is 16.8 Å². The maximum Gasteiger partial charge on any atom is 1.00 e. The van der Waals surface area contributed by atoms with Crippen LogP contribution in [0.3, 0.4) is 0 Å². The number of aliphatic hydroxyl groups is 1. The van der Waals surface area contributed by atoms with Crippen molar-refractivity contribution in [2.75, 3.05) is 5.75 Å². The number of rotatable bonds is 13. The molecule has 0 aliphatic heterocycles. The van der Waals surface area contributed by atoms with E-state index in [9.17, 15) is 15.0 Å². The summed E-state index contributed by atoms with van der Waals surface area (Å²) in [5, 5.41) is 24.0. The van der Waals surface area contributed by atoms with Gasteiger partial charge in [0.15, 0.2) is 0 Å². The zero-order valence-corrected chi connectivity index (χ0v) is 27.8. The average Bonchev–Trinajstić information content (AvgIpc) is 2.95. The second kappa shape index (κ2) is 15.8. The quantitative estimate of drug-likeness (QED) is 0.185. The van der Waals surface area contributed by atoms with Gasteiger partial charge in [0.1, 0.15) is 12.4 Å². The van der Waals surface area contributed by atoms with E-state index < -0.39 is 17.5 Å². The summed E-state index contributed by atoms with van der Waals surface area (Å²) in [6, 6.07) is 25.3. The van der Waals surface area contributed by atoms with Crippen molar-refractivity contribution in [3.63, 3.8) is 0 Å². The Labute approximate surface area is 279 Å². The third kappa shape index (κ3) is 9.50. The van der Waals surface area contributed by atoms with E-state index >= 15 is 0 Å². The molecule has 0 fully saturated rings. The van der Waals surface area contributed by atoms with Crippen LogP contribution in [-0.4, -0.2) is 21.8 Å². The van der Waals surface area contributed by atoms with E-state index in [0.29, 0.717) is 22.9 Å². The fraction of sp³-hybridized carbons (Fsp3) is 0.294. The van der Waals surface area contributed by atoms with Crippen molar-refractivity contribution in [3.05, 3.63) is 106 Å². The van der Waals surface area contributed by atoms with Crippen molar-refractivity contribution in [2.45, 2.75) is 50.6 Å². The molecule has 2 atom stereocenters. The molecule has 0 bridgehead atoms. The van der Waals surface area contributed by atoms with E-state index in [1.54, 1.807) is 25.6 Å². The molecule has 0 aliphatic rings. The first kappa shape index (κ1) is 34.0. The van der Waals surface area contributed by atoms with E-state index in [2.05, 4.69) is 10.9 Å². The molecule has 0 saturated heterocycles. The van der Waals surface area contributed by atoms with Crippen LogP contribution in [0.2, 0.25) is 5.02 Å². The SMILES string of the molecule is C#CCC(CS[C@@H](CCc1ccccc1C(C)(C)O)c1cccc(OCc2ccc3ccc(Cl)cc3n2)c1)C(=O)[O-].[Na+]. The third-order valence-corrected chi connectivity index (χ3v) is 8.62. The molecule has 0 amide bonds. The van der Waals surface area contributed by atoms with Gasteiger partial charge in [-0.25, -0.2) is 4.98 Å². The Bertz CT molecular complexity index is 1550. The van der Waals surface area contributed by atoms with Crippen LogP contribution in [0, 0.1) is 18.3 Å². The molecule has 212 valence electrons. The second-order valence-electron chi connectivity index (χ2n) is 10.5. The van der Waals surface area contributed by atoms with Crippen LogP contribution >= 0.6 is 23.4 Å². The number of carbonyl (C=O) groups excluding carboxylic acids is 1. The summed E-state index contributed by atoms with van der Waals surface area (Å²) in [5.41, 5.74) is 3.58. The van der Waals surface area contributed by atoms with Crippen molar-refractivity contribution < 1.29 is 49.3 Å². The number of hydrogen-bond donors (Lipinski definition) is 1. The normalized spacial score (nSPS) is 12.6. The van der Waals surface area contributed by atoms with Gasteiger partial charge >= 0.3 is 29.6 Å². The summed E-state index contributed by atoms with van der Waals surface area (Å²) >= 11 is 7.69. The van der Waals surface area contributed by atoms with Crippen molar-refractivity contribution in [1.82, 2.24) is 4.98 Å². The standard InChI is InChI=1S/C34H34ClNO4S.Na/c1-4-8-26(33(37)38)22-41-32(18-15-23-9-5-6-12-30(23)34(2,3)39)25-10-7-11-29(19-25)40-21-28-17-14-24-13-16-27(35)20-31(24)36-28;/h1,5-7,9-14,16-17,19-20,26,32,39H,8,15,18,21-22H2,2-3H3,(H,37,38);/q;+1/p-1/t26?,32-;/m0./s1. The molecule has 5 nitrogen and oxygen atoms in total. The number of benzene rings is 3. The molecule has 42 heavy (non-hydrogen) atoms. The van der Waals surface area contributed by atoms with E-state index in [1.807, 2.05) is 78.9 Å². The van der Waals surface area contributed by atoms with Crippen LogP contribution < -0.4 is 39.4 Å². The number of nitrogens with zero attached hydrogens (tertiary/aromatic N) is 1. The Morgan fingerprint density at radius 3 is 2.62 bits per heavy atom. The van der Waals surface area contributed by atoms with Gasteiger partial charge in [-0.3, -0.25) is 0 Å². The van der Waals surface area contributed by atoms with Crippen molar-refractivity contribution in [1.29, 1.82) is 0 Å². The fourth-order valence-corrected chi connectivity index (χ4v) is 6.24. The molecule has 3 aromatic carbocycles. The molecular weight excluding hydrogens is 577 g/mol. The molecule has 0 radical (unpaired) electrons. The van der Waals surface area contributed by atoms with Gasteiger partial charge in [0.25, 0.3) is 0 Å². The number of carbonyl (C=O) groups is 1. The molecule has 4 rings (SSSR count). The zero-order valence-electron chi connectivity index (χ0n) is 24.2. The van der Waals surface area contributed by atoms with Gasteiger partial charge in [-0.1, -0.05) is 60.1 Å². The number of ether oxygens (including phenoxy) is 1. The fourth-order valence-electron chi connectivity index (χ4n) is 4.73. The van der Waals surface area contributed by atoms with Gasteiger partial charge in [-0.05, 0) is 73.7 Å². The Balaban J connectivity index is 0.00000484. The van der Waals surface area contributed by atoms with Crippen LogP contribution in [0.15, 0.2) is 78.9 Å². The average molecular weight is 610 g/mol. The number of terminal acetylenes is 1. The maximum atomic E-state index is 11.7. The van der Waals surface area contributed by atoms with Crippen LogP contribution in [0.5, 0.6) is 5.75 Å². The number of aryl methyl sites for hydroxylation is 1. The predicted molar refractivity (Wildman–Crippen MR) is 165 cm³/mol. The number of halogens is 1. The maximum absolute atomic E-state index is 11.7. The monoisotopic (exact) mass is 609 g/mol. The zero-order chi connectivity index (χ0) is 29.4. The minimum Gasteiger partial charge on any atom is -0.550 e. The van der Waals surface area contributed by atoms with Crippen LogP contribution in [0.25, 0.3) is 10.9 Å². The summed E-state index contributed by atoms with van der Waals surface area (Å²) in [5.74, 6) is 1.61. The van der Waals surface area contributed by atoms with E-state index in [0.717, 1.165) is 39.7 Å². The molecule has 8 heteroatoms. The molecule has 1 aromatic heterocycles. The summed E-state index contributed by atoms with van der Waals surface area (Å²) in [6.45, 7) is 3.85. The smallest absolute Gasteiger partial charge is 0.550 e. The molecule has 0 saturated carbocycles. The van der Waals surface area contributed by atoms with E-state index in [4.69, 9.17) is 22.8 Å². The Hall–Kier alpha value is -2.50. The minimum atomic E-state index is -1.14. The molecule has 0 spiro atoms. The Kier molecular flexibility index (Phi) is 12.8. The topological polar surface area (TPSA) is 82.5 Å². The van der Waals surface area contributed by atoms with Gasteiger partial charge in [0.2, 0.25) is 0 Å². The van der Waals surface area contributed by atoms with Gasteiger partial charge < -0.3 is 19.7 Å². The van der Waals surface area contributed by atoms with Crippen LogP contribution in [0.4, 0.5) is 0 Å². The molecule has 4 aromatic rings. The number of thioether (sulfide) groups is 1. The largest absolute Gasteiger partial charge is 1.00 e. The van der Waals surface area contributed by atoms with E-state index in [1.165, 1.54) is 0 Å². The number of hydrogen-bond acceptors (Lipinski definition) is 6. The summed E-state index contributed by atoms with van der Waals surface area (Å²) < 4.78 is 6.12. The molecular formula is C34H33ClNNaO4S. The first-order valence-electron chi connectivity index (χ1n) is 13.5. The number of carboxylic acids is 1. The second-order valence-corrected chi connectivity index (χ2v) is 12.2. The minimum absolute atomic E-state index is 0. The molecule has 1 unspecified atom stereocenters. The first-order valence-corrected chi connectivity index (χ1v) is 14.9. The Morgan fingerprint density at radius 1 is 1.12 bits per heavy atom. The molecule has 0 aliphatic carbocycles. The first-order chi connectivity index (χ1) is 19.6. The number of pyridine rings is 1. The molecule has 1 N–H and O–H groups in total. The Morgan fingerprint density at radius 2 is 1.88 bits per heavy atom. The van der Waals surface area contributed by atoms with Gasteiger partial charge in [-0.2, -0.15) is 11.8 Å². The number of aromatic nitrogens is 1. The van der Waals surface area contributed by atoms with Gasteiger partial charge in [0, 0.05) is 39.7 Å². The van der Waals surface area contributed by atoms with Crippen molar-refractivity contribution in [2.24, 2.45) is 5.92 Å². The number of carboxylic acid groups (broad SMARTS) is 1. The summed E-state index contributed by atoms with van der Waals surface area (Å²) in [6.07, 6.45) is 6.97.